The highest BCUT2D eigenvalue weighted by Gasteiger charge is 2.32. The Morgan fingerprint density at radius 2 is 2.35 bits per heavy atom. The Morgan fingerprint density at radius 3 is 3.00 bits per heavy atom. The van der Waals surface area contributed by atoms with Gasteiger partial charge in [-0.25, -0.2) is 9.97 Å². The molecule has 2 aromatic rings. The second-order valence-electron chi connectivity index (χ2n) is 4.95. The van der Waals surface area contributed by atoms with E-state index in [1.807, 2.05) is 24.3 Å². The lowest BCUT2D eigenvalue weighted by Gasteiger charge is -2.14. The maximum absolute atomic E-state index is 11.2. The molecule has 5 nitrogen and oxygen atoms in total. The summed E-state index contributed by atoms with van der Waals surface area (Å²) in [6.07, 6.45) is 1.51. The maximum atomic E-state index is 11.2. The van der Waals surface area contributed by atoms with Crippen LogP contribution in [0.5, 0.6) is 0 Å². The van der Waals surface area contributed by atoms with Gasteiger partial charge in [0, 0.05) is 17.3 Å². The second kappa shape index (κ2) is 5.14. The van der Waals surface area contributed by atoms with Gasteiger partial charge in [0.15, 0.2) is 5.13 Å². The molecular formula is C13H15N3O2S2. The molecule has 20 heavy (non-hydrogen) atoms. The number of hydrogen-bond acceptors (Lipinski definition) is 6. The molecule has 0 aliphatic heterocycles. The zero-order valence-electron chi connectivity index (χ0n) is 11.3. The average Bonchev–Trinajstić information content (AvgIpc) is 3.03. The lowest BCUT2D eigenvalue weighted by molar-refractivity contribution is -0.138. The van der Waals surface area contributed by atoms with Gasteiger partial charge < -0.3 is 10.0 Å². The van der Waals surface area contributed by atoms with Crippen molar-refractivity contribution in [2.75, 3.05) is 11.9 Å². The monoisotopic (exact) mass is 309 g/mol. The van der Waals surface area contributed by atoms with E-state index in [2.05, 4.69) is 9.97 Å². The van der Waals surface area contributed by atoms with Gasteiger partial charge in [0.1, 0.15) is 5.92 Å². The summed E-state index contributed by atoms with van der Waals surface area (Å²) in [5.74, 6) is -1.19. The van der Waals surface area contributed by atoms with Crippen LogP contribution in [-0.4, -0.2) is 28.1 Å². The molecule has 2 heterocycles. The summed E-state index contributed by atoms with van der Waals surface area (Å²) < 4.78 is 0. The number of aryl methyl sites for hydroxylation is 2. The number of anilines is 1. The molecule has 1 unspecified atom stereocenters. The van der Waals surface area contributed by atoms with Crippen molar-refractivity contribution in [3.8, 4) is 0 Å². The molecular weight excluding hydrogens is 294 g/mol. The summed E-state index contributed by atoms with van der Waals surface area (Å²) in [4.78, 5) is 23.3. The molecule has 1 N–H and O–H groups in total. The van der Waals surface area contributed by atoms with Gasteiger partial charge >= 0.3 is 5.97 Å². The van der Waals surface area contributed by atoms with Crippen molar-refractivity contribution in [3.05, 3.63) is 26.7 Å². The van der Waals surface area contributed by atoms with Crippen LogP contribution in [0.3, 0.4) is 0 Å². The van der Waals surface area contributed by atoms with Gasteiger partial charge in [0.25, 0.3) is 0 Å². The predicted molar refractivity (Wildman–Crippen MR) is 79.8 cm³/mol. The van der Waals surface area contributed by atoms with Crippen LogP contribution in [0.2, 0.25) is 0 Å². The highest BCUT2D eigenvalue weighted by molar-refractivity contribution is 7.15. The van der Waals surface area contributed by atoms with Crippen molar-refractivity contribution >= 4 is 33.8 Å². The minimum Gasteiger partial charge on any atom is -0.481 e. The molecule has 3 rings (SSSR count). The lowest BCUT2D eigenvalue weighted by atomic mass is 10.1. The van der Waals surface area contributed by atoms with Crippen LogP contribution in [0.25, 0.3) is 0 Å². The van der Waals surface area contributed by atoms with Crippen molar-refractivity contribution in [2.45, 2.75) is 32.2 Å². The van der Waals surface area contributed by atoms with Crippen LogP contribution < -0.4 is 4.90 Å². The van der Waals surface area contributed by atoms with E-state index in [9.17, 15) is 9.90 Å². The molecule has 0 aromatic carbocycles. The highest BCUT2D eigenvalue weighted by Crippen LogP contribution is 2.39. The Bertz CT molecular complexity index is 650. The standard InChI is InChI=1S/C13H15N3O2S2/c1-7-14-8(6-19-7)5-16(2)13-15-11-9(12(17)18)3-4-10(11)20-13/h6,9H,3-5H2,1-2H3,(H,17,18). The first-order valence-electron chi connectivity index (χ1n) is 6.39. The van der Waals surface area contributed by atoms with Crippen molar-refractivity contribution in [1.29, 1.82) is 0 Å². The zero-order valence-corrected chi connectivity index (χ0v) is 12.9. The molecule has 0 amide bonds. The number of carboxylic acids is 1. The molecule has 1 aliphatic rings. The number of carbonyl (C=O) groups is 1. The van der Waals surface area contributed by atoms with Gasteiger partial charge in [0.05, 0.1) is 22.9 Å². The second-order valence-corrected chi connectivity index (χ2v) is 7.07. The van der Waals surface area contributed by atoms with E-state index in [0.717, 1.165) is 32.8 Å². The molecule has 2 aromatic heterocycles. The van der Waals surface area contributed by atoms with Crippen LogP contribution >= 0.6 is 22.7 Å². The molecule has 1 aliphatic carbocycles. The van der Waals surface area contributed by atoms with Crippen molar-refractivity contribution < 1.29 is 9.90 Å². The number of fused-ring (bicyclic) bond motifs is 1. The van der Waals surface area contributed by atoms with Crippen LogP contribution in [0, 0.1) is 6.92 Å². The fourth-order valence-corrected chi connectivity index (χ4v) is 4.11. The largest absolute Gasteiger partial charge is 0.481 e. The van der Waals surface area contributed by atoms with E-state index >= 15 is 0 Å². The summed E-state index contributed by atoms with van der Waals surface area (Å²) >= 11 is 3.24. The predicted octanol–water partition coefficient (Wildman–Crippen LogP) is 2.66. The number of nitrogens with zero attached hydrogens (tertiary/aromatic N) is 3. The topological polar surface area (TPSA) is 66.3 Å². The third-order valence-electron chi connectivity index (χ3n) is 3.40. The molecule has 7 heteroatoms. The quantitative estimate of drug-likeness (QED) is 0.940. The molecule has 106 valence electrons. The molecule has 0 saturated heterocycles. The Labute approximate surface area is 124 Å². The highest BCUT2D eigenvalue weighted by atomic mass is 32.1. The normalized spacial score (nSPS) is 17.2. The number of rotatable bonds is 4. The van der Waals surface area contributed by atoms with E-state index in [1.165, 1.54) is 0 Å². The van der Waals surface area contributed by atoms with Gasteiger partial charge in [-0.3, -0.25) is 4.79 Å². The van der Waals surface area contributed by atoms with E-state index in [0.29, 0.717) is 13.0 Å². The first-order chi connectivity index (χ1) is 9.54. The van der Waals surface area contributed by atoms with Crippen LogP contribution in [0.4, 0.5) is 5.13 Å². The van der Waals surface area contributed by atoms with Crippen LogP contribution in [0.1, 0.15) is 33.6 Å². The van der Waals surface area contributed by atoms with Gasteiger partial charge in [-0.2, -0.15) is 0 Å². The van der Waals surface area contributed by atoms with E-state index in [1.54, 1.807) is 22.7 Å². The summed E-state index contributed by atoms with van der Waals surface area (Å²) in [7, 11) is 1.97. The molecule has 0 spiro atoms. The van der Waals surface area contributed by atoms with Gasteiger partial charge in [-0.1, -0.05) is 0 Å². The Balaban J connectivity index is 1.78. The Kier molecular flexibility index (Phi) is 3.47. The van der Waals surface area contributed by atoms with E-state index in [4.69, 9.17) is 0 Å². The zero-order chi connectivity index (χ0) is 14.3. The van der Waals surface area contributed by atoms with Crippen molar-refractivity contribution in [2.24, 2.45) is 0 Å². The SMILES string of the molecule is Cc1nc(CN(C)c2nc3c(s2)CCC3C(=O)O)cs1. The molecule has 0 saturated carbocycles. The Morgan fingerprint density at radius 1 is 1.55 bits per heavy atom. The minimum absolute atomic E-state index is 0.426. The van der Waals surface area contributed by atoms with Crippen LogP contribution in [-0.2, 0) is 17.8 Å². The number of thiazole rings is 2. The lowest BCUT2D eigenvalue weighted by Crippen LogP contribution is -2.17. The number of carboxylic acid groups (broad SMARTS) is 1. The Hall–Kier alpha value is -1.47. The summed E-state index contributed by atoms with van der Waals surface area (Å²) in [5, 5.41) is 13.2. The third-order valence-corrected chi connectivity index (χ3v) is 5.46. The molecule has 1 atom stereocenters. The molecule has 0 bridgehead atoms. The van der Waals surface area contributed by atoms with Gasteiger partial charge in [-0.05, 0) is 19.8 Å². The number of aliphatic carboxylic acids is 1. The fourth-order valence-electron chi connectivity index (χ4n) is 2.41. The summed E-state index contributed by atoms with van der Waals surface area (Å²) in [6.45, 7) is 2.69. The number of hydrogen-bond donors (Lipinski definition) is 1. The summed E-state index contributed by atoms with van der Waals surface area (Å²) in [6, 6.07) is 0. The smallest absolute Gasteiger partial charge is 0.312 e. The first-order valence-corrected chi connectivity index (χ1v) is 8.08. The third kappa shape index (κ3) is 2.43. The summed E-state index contributed by atoms with van der Waals surface area (Å²) in [5.41, 5.74) is 1.79. The minimum atomic E-state index is -0.765. The van der Waals surface area contributed by atoms with Crippen molar-refractivity contribution in [3.63, 3.8) is 0 Å². The molecule has 0 radical (unpaired) electrons. The van der Waals surface area contributed by atoms with Gasteiger partial charge in [-0.15, -0.1) is 22.7 Å². The molecule has 0 fully saturated rings. The maximum Gasteiger partial charge on any atom is 0.312 e. The average molecular weight is 309 g/mol. The first kappa shape index (κ1) is 13.5. The fraction of sp³-hybridized carbons (Fsp3) is 0.462. The van der Waals surface area contributed by atoms with Crippen molar-refractivity contribution in [1.82, 2.24) is 9.97 Å². The van der Waals surface area contributed by atoms with Gasteiger partial charge in [0.2, 0.25) is 0 Å². The number of aromatic nitrogens is 2. The van der Waals surface area contributed by atoms with Crippen LogP contribution in [0.15, 0.2) is 5.38 Å². The van der Waals surface area contributed by atoms with E-state index in [-0.39, 0.29) is 0 Å². The van der Waals surface area contributed by atoms with E-state index < -0.39 is 11.9 Å².